The highest BCUT2D eigenvalue weighted by Crippen LogP contribution is 2.51. The van der Waals surface area contributed by atoms with Crippen LogP contribution in [0, 0.1) is 11.3 Å². The highest BCUT2D eigenvalue weighted by Gasteiger charge is 2.39. The molecule has 0 bridgehead atoms. The predicted octanol–water partition coefficient (Wildman–Crippen LogP) is 7.27. The van der Waals surface area contributed by atoms with Crippen LogP contribution in [0.3, 0.4) is 0 Å². The third-order valence-corrected chi connectivity index (χ3v) is 6.35. The van der Waals surface area contributed by atoms with Crippen LogP contribution in [0.5, 0.6) is 0 Å². The average molecular weight is 279 g/mol. The van der Waals surface area contributed by atoms with Gasteiger partial charge in [-0.05, 0) is 43.4 Å². The van der Waals surface area contributed by atoms with E-state index < -0.39 is 0 Å². The van der Waals surface area contributed by atoms with Gasteiger partial charge in [-0.1, -0.05) is 84.0 Å². The molecule has 20 heavy (non-hydrogen) atoms. The predicted molar refractivity (Wildman–Crippen MR) is 90.1 cm³/mol. The summed E-state index contributed by atoms with van der Waals surface area (Å²) in [4.78, 5) is 0. The van der Waals surface area contributed by atoms with E-state index in [1.54, 1.807) is 32.1 Å². The van der Waals surface area contributed by atoms with Gasteiger partial charge in [-0.2, -0.15) is 0 Å². The highest BCUT2D eigenvalue weighted by atomic mass is 14.4. The molecule has 0 nitrogen and oxygen atoms in total. The fourth-order valence-electron chi connectivity index (χ4n) is 5.09. The Morgan fingerprint density at radius 1 is 0.700 bits per heavy atom. The van der Waals surface area contributed by atoms with Gasteiger partial charge >= 0.3 is 0 Å². The summed E-state index contributed by atoms with van der Waals surface area (Å²) < 4.78 is 0. The van der Waals surface area contributed by atoms with E-state index in [1.807, 2.05) is 0 Å². The molecular weight excluding hydrogens is 240 g/mol. The van der Waals surface area contributed by atoms with Crippen molar-refractivity contribution >= 4 is 0 Å². The van der Waals surface area contributed by atoms with Gasteiger partial charge in [0.1, 0.15) is 0 Å². The minimum absolute atomic E-state index is 0.795. The molecule has 0 atom stereocenters. The van der Waals surface area contributed by atoms with Crippen LogP contribution in [0.25, 0.3) is 0 Å². The summed E-state index contributed by atoms with van der Waals surface area (Å²) in [5.41, 5.74) is 0.795. The molecule has 2 aliphatic rings. The van der Waals surface area contributed by atoms with Crippen molar-refractivity contribution < 1.29 is 0 Å². The molecule has 0 aliphatic heterocycles. The van der Waals surface area contributed by atoms with Gasteiger partial charge in [0.2, 0.25) is 0 Å². The third kappa shape index (κ3) is 4.78. The van der Waals surface area contributed by atoms with Crippen LogP contribution in [0.15, 0.2) is 0 Å². The van der Waals surface area contributed by atoms with Crippen LogP contribution >= 0.6 is 0 Å². The van der Waals surface area contributed by atoms with Crippen LogP contribution < -0.4 is 0 Å². The topological polar surface area (TPSA) is 0 Å². The second kappa shape index (κ2) is 9.11. The summed E-state index contributed by atoms with van der Waals surface area (Å²) >= 11 is 0. The molecule has 0 unspecified atom stereocenters. The number of rotatable bonds is 8. The third-order valence-electron chi connectivity index (χ3n) is 6.35. The molecule has 0 saturated heterocycles. The van der Waals surface area contributed by atoms with Gasteiger partial charge in [0.25, 0.3) is 0 Å². The number of hydrogen-bond donors (Lipinski definition) is 0. The minimum Gasteiger partial charge on any atom is -0.0654 e. The molecule has 2 fully saturated rings. The summed E-state index contributed by atoms with van der Waals surface area (Å²) in [6, 6.07) is 0. The molecule has 0 amide bonds. The van der Waals surface area contributed by atoms with Crippen molar-refractivity contribution in [2.45, 2.75) is 116 Å². The summed E-state index contributed by atoms with van der Waals surface area (Å²) in [5, 5.41) is 0. The Hall–Kier alpha value is 0. The SMILES string of the molecule is CCCCCCCCC1(C2CCCCC2)CCCCC1. The molecule has 0 spiro atoms. The van der Waals surface area contributed by atoms with Crippen LogP contribution in [0.2, 0.25) is 0 Å². The average Bonchev–Trinajstić information content (AvgIpc) is 2.52. The first-order valence-electron chi connectivity index (χ1n) is 9.87. The zero-order valence-corrected chi connectivity index (χ0v) is 14.1. The molecule has 2 saturated carbocycles. The highest BCUT2D eigenvalue weighted by molar-refractivity contribution is 4.90. The Morgan fingerprint density at radius 2 is 1.30 bits per heavy atom. The Balaban J connectivity index is 1.77. The first kappa shape index (κ1) is 16.4. The van der Waals surface area contributed by atoms with Crippen molar-refractivity contribution in [3.05, 3.63) is 0 Å². The standard InChI is InChI=1S/C20H38/c1-2-3-4-5-6-11-16-20(17-12-8-13-18-20)19-14-9-7-10-15-19/h19H,2-18H2,1H3. The Kier molecular flexibility index (Phi) is 7.45. The van der Waals surface area contributed by atoms with Crippen LogP contribution in [0.4, 0.5) is 0 Å². The second-order valence-electron chi connectivity index (χ2n) is 7.78. The van der Waals surface area contributed by atoms with Crippen LogP contribution in [-0.2, 0) is 0 Å². The molecule has 118 valence electrons. The van der Waals surface area contributed by atoms with E-state index in [2.05, 4.69) is 6.92 Å². The maximum Gasteiger partial charge on any atom is -0.0269 e. The summed E-state index contributed by atoms with van der Waals surface area (Å²) in [6.45, 7) is 2.32. The fourth-order valence-corrected chi connectivity index (χ4v) is 5.09. The first-order valence-corrected chi connectivity index (χ1v) is 9.87. The van der Waals surface area contributed by atoms with Gasteiger partial charge in [0.05, 0.1) is 0 Å². The largest absolute Gasteiger partial charge is 0.0654 e. The van der Waals surface area contributed by atoms with E-state index >= 15 is 0 Å². The van der Waals surface area contributed by atoms with Crippen molar-refractivity contribution in [3.8, 4) is 0 Å². The van der Waals surface area contributed by atoms with E-state index in [4.69, 9.17) is 0 Å². The Labute approximate surface area is 128 Å². The van der Waals surface area contributed by atoms with Crippen LogP contribution in [-0.4, -0.2) is 0 Å². The van der Waals surface area contributed by atoms with Gasteiger partial charge in [0, 0.05) is 0 Å². The molecule has 0 aromatic carbocycles. The van der Waals surface area contributed by atoms with Gasteiger partial charge in [0.15, 0.2) is 0 Å². The lowest BCUT2D eigenvalue weighted by Crippen LogP contribution is -2.34. The van der Waals surface area contributed by atoms with Crippen molar-refractivity contribution in [1.29, 1.82) is 0 Å². The maximum atomic E-state index is 2.32. The van der Waals surface area contributed by atoms with E-state index in [-0.39, 0.29) is 0 Å². The number of unbranched alkanes of at least 4 members (excludes halogenated alkanes) is 5. The molecular formula is C20H38. The summed E-state index contributed by atoms with van der Waals surface area (Å²) in [6.07, 6.45) is 25.9. The molecule has 0 heterocycles. The van der Waals surface area contributed by atoms with E-state index in [9.17, 15) is 0 Å². The Bertz CT molecular complexity index is 230. The number of hydrogen-bond acceptors (Lipinski definition) is 0. The zero-order valence-electron chi connectivity index (χ0n) is 14.1. The smallest absolute Gasteiger partial charge is 0.0269 e. The fraction of sp³-hybridized carbons (Fsp3) is 1.00. The van der Waals surface area contributed by atoms with Crippen molar-refractivity contribution in [1.82, 2.24) is 0 Å². The van der Waals surface area contributed by atoms with Gasteiger partial charge in [-0.3, -0.25) is 0 Å². The second-order valence-corrected chi connectivity index (χ2v) is 7.78. The Morgan fingerprint density at radius 3 is 2.00 bits per heavy atom. The first-order chi connectivity index (χ1) is 9.87. The summed E-state index contributed by atoms with van der Waals surface area (Å²) in [7, 11) is 0. The molecule has 0 N–H and O–H groups in total. The molecule has 0 aromatic rings. The molecule has 0 radical (unpaired) electrons. The molecule has 2 aliphatic carbocycles. The van der Waals surface area contributed by atoms with Gasteiger partial charge < -0.3 is 0 Å². The minimum atomic E-state index is 0.795. The van der Waals surface area contributed by atoms with E-state index in [0.29, 0.717) is 0 Å². The molecule has 0 heteroatoms. The lowest BCUT2D eigenvalue weighted by Gasteiger charge is -2.46. The lowest BCUT2D eigenvalue weighted by molar-refractivity contribution is 0.0545. The maximum absolute atomic E-state index is 2.32. The monoisotopic (exact) mass is 278 g/mol. The van der Waals surface area contributed by atoms with E-state index in [1.165, 1.54) is 77.0 Å². The van der Waals surface area contributed by atoms with E-state index in [0.717, 1.165) is 11.3 Å². The van der Waals surface area contributed by atoms with Crippen molar-refractivity contribution in [3.63, 3.8) is 0 Å². The molecule has 2 rings (SSSR count). The van der Waals surface area contributed by atoms with Gasteiger partial charge in [-0.25, -0.2) is 0 Å². The quantitative estimate of drug-likeness (QED) is 0.410. The van der Waals surface area contributed by atoms with Crippen molar-refractivity contribution in [2.24, 2.45) is 11.3 Å². The van der Waals surface area contributed by atoms with Crippen molar-refractivity contribution in [2.75, 3.05) is 0 Å². The normalized spacial score (nSPS) is 23.9. The lowest BCUT2D eigenvalue weighted by atomic mass is 9.59. The van der Waals surface area contributed by atoms with Gasteiger partial charge in [-0.15, -0.1) is 0 Å². The zero-order chi connectivity index (χ0) is 14.1. The van der Waals surface area contributed by atoms with Crippen LogP contribution in [0.1, 0.15) is 116 Å². The summed E-state index contributed by atoms with van der Waals surface area (Å²) in [5.74, 6) is 1.10. The molecule has 0 aromatic heterocycles.